The zero-order chi connectivity index (χ0) is 13.6. The number of hydrogen-bond acceptors (Lipinski definition) is 4. The van der Waals surface area contributed by atoms with Gasteiger partial charge in [0.2, 0.25) is 0 Å². The van der Waals surface area contributed by atoms with Crippen molar-refractivity contribution in [3.05, 3.63) is 17.6 Å². The molecule has 18 heavy (non-hydrogen) atoms. The first-order chi connectivity index (χ1) is 8.44. The topological polar surface area (TPSA) is 47.0 Å². The van der Waals surface area contributed by atoms with Gasteiger partial charge in [-0.15, -0.1) is 0 Å². The van der Waals surface area contributed by atoms with Gasteiger partial charge in [-0.2, -0.15) is 13.2 Å². The number of halogens is 3. The highest BCUT2D eigenvalue weighted by Gasteiger charge is 2.27. The van der Waals surface area contributed by atoms with E-state index in [1.807, 2.05) is 6.92 Å². The maximum absolute atomic E-state index is 11.9. The highest BCUT2D eigenvalue weighted by molar-refractivity contribution is 5.35. The first-order valence-electron chi connectivity index (χ1n) is 5.63. The molecule has 0 bridgehead atoms. The molecule has 1 aromatic heterocycles. The zero-order valence-corrected chi connectivity index (χ0v) is 10.3. The van der Waals surface area contributed by atoms with Gasteiger partial charge in [0.1, 0.15) is 18.2 Å². The van der Waals surface area contributed by atoms with Gasteiger partial charge in [0.05, 0.1) is 6.61 Å². The zero-order valence-electron chi connectivity index (χ0n) is 10.3. The third kappa shape index (κ3) is 5.31. The highest BCUT2D eigenvalue weighted by atomic mass is 19.4. The molecule has 0 unspecified atom stereocenters. The van der Waals surface area contributed by atoms with Crippen LogP contribution in [0.3, 0.4) is 0 Å². The van der Waals surface area contributed by atoms with Crippen molar-refractivity contribution in [1.29, 1.82) is 0 Å². The average Bonchev–Trinajstić information content (AvgIpc) is 2.33. The lowest BCUT2D eigenvalue weighted by molar-refractivity contribution is -0.173. The lowest BCUT2D eigenvalue weighted by Crippen LogP contribution is -2.18. The van der Waals surface area contributed by atoms with Crippen LogP contribution in [0.25, 0.3) is 0 Å². The molecule has 4 nitrogen and oxygen atoms in total. The summed E-state index contributed by atoms with van der Waals surface area (Å²) in [6.45, 7) is 0.668. The van der Waals surface area contributed by atoms with Crippen molar-refractivity contribution in [2.45, 2.75) is 25.9 Å². The van der Waals surface area contributed by atoms with Crippen molar-refractivity contribution in [1.82, 2.24) is 9.97 Å². The maximum atomic E-state index is 11.9. The van der Waals surface area contributed by atoms with Gasteiger partial charge >= 0.3 is 6.18 Å². The van der Waals surface area contributed by atoms with E-state index in [4.69, 9.17) is 0 Å². The molecule has 0 saturated carbocycles. The molecule has 1 aromatic rings. The van der Waals surface area contributed by atoms with E-state index in [1.165, 1.54) is 0 Å². The van der Waals surface area contributed by atoms with E-state index in [9.17, 15) is 13.2 Å². The Hall–Kier alpha value is -1.37. The maximum Gasteiger partial charge on any atom is 0.411 e. The van der Waals surface area contributed by atoms with Gasteiger partial charge in [-0.3, -0.25) is 0 Å². The number of alkyl halides is 3. The number of rotatable bonds is 6. The summed E-state index contributed by atoms with van der Waals surface area (Å²) in [5.41, 5.74) is 0.847. The van der Waals surface area contributed by atoms with E-state index in [-0.39, 0.29) is 13.0 Å². The van der Waals surface area contributed by atoms with Crippen molar-refractivity contribution < 1.29 is 17.9 Å². The normalized spacial score (nSPS) is 11.6. The lowest BCUT2D eigenvalue weighted by Gasteiger charge is -2.08. The molecule has 0 radical (unpaired) electrons. The Bertz CT molecular complexity index is 360. The third-order valence-electron chi connectivity index (χ3n) is 2.18. The summed E-state index contributed by atoms with van der Waals surface area (Å²) in [5, 5.41) is 2.88. The average molecular weight is 263 g/mol. The predicted molar refractivity (Wildman–Crippen MR) is 61.5 cm³/mol. The number of aromatic nitrogens is 2. The van der Waals surface area contributed by atoms with Gasteiger partial charge in [-0.25, -0.2) is 9.97 Å². The second-order valence-corrected chi connectivity index (χ2v) is 3.68. The van der Waals surface area contributed by atoms with Crippen LogP contribution in [0.4, 0.5) is 19.0 Å². The molecule has 0 aliphatic carbocycles. The van der Waals surface area contributed by atoms with Crippen LogP contribution < -0.4 is 5.32 Å². The molecule has 0 atom stereocenters. The van der Waals surface area contributed by atoms with Crippen molar-refractivity contribution in [2.75, 3.05) is 25.6 Å². The summed E-state index contributed by atoms with van der Waals surface area (Å²) in [4.78, 5) is 8.37. The SMILES string of the molecule is CCc1cc(NC)nc(CCOCC(F)(F)F)n1. The number of hydrogen-bond donors (Lipinski definition) is 1. The molecule has 0 aromatic carbocycles. The Kier molecular flexibility index (Phi) is 5.33. The standard InChI is InChI=1S/C11H16F3N3O/c1-3-8-6-10(15-2)17-9(16-8)4-5-18-7-11(12,13)14/h6H,3-5,7H2,1-2H3,(H,15,16,17). The minimum Gasteiger partial charge on any atom is -0.373 e. The number of nitrogens with one attached hydrogen (secondary N) is 1. The molecule has 102 valence electrons. The largest absolute Gasteiger partial charge is 0.411 e. The van der Waals surface area contributed by atoms with Crippen LogP contribution in [-0.2, 0) is 17.6 Å². The smallest absolute Gasteiger partial charge is 0.373 e. The minimum absolute atomic E-state index is 0.0458. The van der Waals surface area contributed by atoms with Crippen LogP contribution >= 0.6 is 0 Å². The van der Waals surface area contributed by atoms with Crippen molar-refractivity contribution in [3.63, 3.8) is 0 Å². The van der Waals surface area contributed by atoms with E-state index in [0.29, 0.717) is 11.6 Å². The monoisotopic (exact) mass is 263 g/mol. The van der Waals surface area contributed by atoms with Gasteiger partial charge in [0.15, 0.2) is 0 Å². The Labute approximate surface area is 104 Å². The number of anilines is 1. The molecule has 1 rings (SSSR count). The van der Waals surface area contributed by atoms with E-state index in [1.54, 1.807) is 13.1 Å². The van der Waals surface area contributed by atoms with Crippen molar-refractivity contribution in [2.24, 2.45) is 0 Å². The summed E-state index contributed by atoms with van der Waals surface area (Å²) in [7, 11) is 1.73. The van der Waals surface area contributed by atoms with Gasteiger partial charge in [-0.05, 0) is 6.42 Å². The third-order valence-corrected chi connectivity index (χ3v) is 2.18. The first kappa shape index (κ1) is 14.7. The molecule has 0 amide bonds. The second kappa shape index (κ2) is 6.53. The molecule has 0 aliphatic heterocycles. The summed E-state index contributed by atoms with van der Waals surface area (Å²) in [6, 6.07) is 1.81. The molecule has 0 spiro atoms. The van der Waals surface area contributed by atoms with Crippen molar-refractivity contribution >= 4 is 5.82 Å². The molecular weight excluding hydrogens is 247 g/mol. The second-order valence-electron chi connectivity index (χ2n) is 3.68. The van der Waals surface area contributed by atoms with Crippen LogP contribution in [0, 0.1) is 0 Å². The molecule has 0 aliphatic rings. The summed E-state index contributed by atoms with van der Waals surface area (Å²) in [5.74, 6) is 1.15. The summed E-state index contributed by atoms with van der Waals surface area (Å²) in [6.07, 6.45) is -3.28. The van der Waals surface area contributed by atoms with Crippen LogP contribution in [0.5, 0.6) is 0 Å². The highest BCUT2D eigenvalue weighted by Crippen LogP contribution is 2.14. The fourth-order valence-corrected chi connectivity index (χ4v) is 1.32. The number of ether oxygens (including phenoxy) is 1. The Morgan fingerprint density at radius 2 is 2.06 bits per heavy atom. The van der Waals surface area contributed by atoms with E-state index < -0.39 is 12.8 Å². The minimum atomic E-state index is -4.29. The number of aryl methyl sites for hydroxylation is 1. The Balaban J connectivity index is 2.51. The molecule has 7 heteroatoms. The van der Waals surface area contributed by atoms with Gasteiger partial charge in [-0.1, -0.05) is 6.92 Å². The van der Waals surface area contributed by atoms with E-state index in [0.717, 1.165) is 12.1 Å². The van der Waals surface area contributed by atoms with Crippen LogP contribution in [0.2, 0.25) is 0 Å². The van der Waals surface area contributed by atoms with Gasteiger partial charge < -0.3 is 10.1 Å². The quantitative estimate of drug-likeness (QED) is 0.799. The molecule has 0 saturated heterocycles. The van der Waals surface area contributed by atoms with Gasteiger partial charge in [0, 0.05) is 25.2 Å². The molecule has 0 fully saturated rings. The first-order valence-corrected chi connectivity index (χ1v) is 5.63. The van der Waals surface area contributed by atoms with Crippen LogP contribution in [-0.4, -0.2) is 36.4 Å². The lowest BCUT2D eigenvalue weighted by atomic mass is 10.3. The molecular formula is C11H16F3N3O. The molecule has 1 heterocycles. The van der Waals surface area contributed by atoms with Crippen molar-refractivity contribution in [3.8, 4) is 0 Å². The predicted octanol–water partition coefficient (Wildman–Crippen LogP) is 2.20. The fourth-order valence-electron chi connectivity index (χ4n) is 1.32. The number of nitrogens with zero attached hydrogens (tertiary/aromatic N) is 2. The summed E-state index contributed by atoms with van der Waals surface area (Å²) >= 11 is 0. The summed E-state index contributed by atoms with van der Waals surface area (Å²) < 4.78 is 40.1. The van der Waals surface area contributed by atoms with Gasteiger partial charge in [0.25, 0.3) is 0 Å². The fraction of sp³-hybridized carbons (Fsp3) is 0.636. The molecule has 1 N–H and O–H groups in total. The Morgan fingerprint density at radius 3 is 2.61 bits per heavy atom. The van der Waals surface area contributed by atoms with Crippen LogP contribution in [0.1, 0.15) is 18.4 Å². The van der Waals surface area contributed by atoms with E-state index >= 15 is 0 Å². The van der Waals surface area contributed by atoms with E-state index in [2.05, 4.69) is 20.0 Å². The van der Waals surface area contributed by atoms with Crippen LogP contribution in [0.15, 0.2) is 6.07 Å². The Morgan fingerprint density at radius 1 is 1.33 bits per heavy atom.